The van der Waals surface area contributed by atoms with E-state index in [-0.39, 0.29) is 65.3 Å². The van der Waals surface area contributed by atoms with E-state index in [4.69, 9.17) is 30.8 Å². The molecular weight excluding hydrogens is 1090 g/mol. The molecule has 4 N–H and O–H groups in total. The Morgan fingerprint density at radius 2 is 1.61 bits per heavy atom. The van der Waals surface area contributed by atoms with Gasteiger partial charge in [-0.3, -0.25) is 19.3 Å². The summed E-state index contributed by atoms with van der Waals surface area (Å²) in [4.78, 5) is 76.8. The summed E-state index contributed by atoms with van der Waals surface area (Å²) >= 11 is 8.54. The van der Waals surface area contributed by atoms with Crippen LogP contribution in [0.4, 0.5) is 15.0 Å². The van der Waals surface area contributed by atoms with Crippen molar-refractivity contribution in [3.8, 4) is 33.3 Å². The van der Waals surface area contributed by atoms with Crippen LogP contribution in [-0.4, -0.2) is 159 Å². The number of likely N-dealkylation sites (tertiary alicyclic amines) is 2. The number of anilines is 1. The molecule has 0 unspecified atom stereocenters. The fraction of sp³-hybridized carbons (Fsp3) is 0.492. The van der Waals surface area contributed by atoms with Crippen molar-refractivity contribution in [3.05, 3.63) is 94.3 Å². The number of aliphatic hydroxyl groups is 1. The maximum Gasteiger partial charge on any atom is 0.410 e. The van der Waals surface area contributed by atoms with Gasteiger partial charge in [-0.05, 0) is 124 Å². The highest BCUT2D eigenvalue weighted by Crippen LogP contribution is 2.43. The lowest BCUT2D eigenvalue weighted by Crippen LogP contribution is -2.58. The van der Waals surface area contributed by atoms with Gasteiger partial charge in [0.05, 0.1) is 39.9 Å². The number of benzene rings is 4. The summed E-state index contributed by atoms with van der Waals surface area (Å²) in [5.74, 6) is -1.45. The third-order valence-electron chi connectivity index (χ3n) is 15.4. The molecule has 2 aromatic heterocycles. The number of rotatable bonds is 16. The van der Waals surface area contributed by atoms with Gasteiger partial charge in [-0.25, -0.2) is 14.2 Å². The van der Waals surface area contributed by atoms with E-state index in [0.29, 0.717) is 66.9 Å². The van der Waals surface area contributed by atoms with Crippen LogP contribution in [0, 0.1) is 24.1 Å². The first-order valence-corrected chi connectivity index (χ1v) is 29.4. The minimum atomic E-state index is -0.995. The third-order valence-corrected chi connectivity index (χ3v) is 16.6. The number of carbonyl (C=O) groups excluding carboxylic acids is 4. The molecule has 438 valence electrons. The lowest BCUT2D eigenvalue weighted by Gasteiger charge is -2.36. The molecule has 3 saturated heterocycles. The van der Waals surface area contributed by atoms with Crippen LogP contribution in [0.5, 0.6) is 11.8 Å². The van der Waals surface area contributed by atoms with Crippen LogP contribution in [0.25, 0.3) is 43.2 Å². The van der Waals surface area contributed by atoms with Gasteiger partial charge in [-0.2, -0.15) is 9.97 Å². The van der Waals surface area contributed by atoms with Crippen molar-refractivity contribution in [2.75, 3.05) is 70.5 Å². The van der Waals surface area contributed by atoms with Gasteiger partial charge in [0.25, 0.3) is 0 Å². The molecule has 21 heteroatoms. The van der Waals surface area contributed by atoms with Crippen LogP contribution < -0.4 is 20.3 Å². The number of phenols is 1. The topological polar surface area (TPSA) is 212 Å². The number of nitrogens with zero attached hydrogens (tertiary/aromatic N) is 7. The highest BCUT2D eigenvalue weighted by atomic mass is 35.5. The van der Waals surface area contributed by atoms with Gasteiger partial charge in [-0.15, -0.1) is 11.3 Å². The van der Waals surface area contributed by atoms with E-state index < -0.39 is 59.0 Å². The monoisotopic (exact) mass is 1160 g/mol. The number of aliphatic hydroxyl groups excluding tert-OH is 1. The third kappa shape index (κ3) is 14.0. The van der Waals surface area contributed by atoms with Crippen molar-refractivity contribution in [2.24, 2.45) is 11.3 Å². The van der Waals surface area contributed by atoms with Crippen LogP contribution in [0.2, 0.25) is 5.02 Å². The molecule has 9 rings (SSSR count). The number of nitrogens with one attached hydrogen (secondary N) is 2. The number of aromatic hydroxyl groups is 1. The van der Waals surface area contributed by atoms with Crippen LogP contribution in [0.15, 0.2) is 72.2 Å². The molecule has 5 atom stereocenters. The van der Waals surface area contributed by atoms with Gasteiger partial charge < -0.3 is 49.8 Å². The zero-order valence-electron chi connectivity index (χ0n) is 48.1. The van der Waals surface area contributed by atoms with Gasteiger partial charge in [0, 0.05) is 56.6 Å². The largest absolute Gasteiger partial charge is 0.508 e. The van der Waals surface area contributed by atoms with E-state index in [1.54, 1.807) is 28.4 Å². The summed E-state index contributed by atoms with van der Waals surface area (Å²) < 4.78 is 35.3. The number of piperazine rings is 1. The van der Waals surface area contributed by atoms with E-state index in [1.807, 2.05) is 121 Å². The van der Waals surface area contributed by atoms with Crippen LogP contribution in [0.1, 0.15) is 92.0 Å². The van der Waals surface area contributed by atoms with Crippen molar-refractivity contribution >= 4 is 74.2 Å². The average molecular weight is 1160 g/mol. The van der Waals surface area contributed by atoms with Crippen LogP contribution in [0.3, 0.4) is 0 Å². The Morgan fingerprint density at radius 3 is 2.28 bits per heavy atom. The first-order valence-electron chi connectivity index (χ1n) is 28.1. The van der Waals surface area contributed by atoms with Crippen LogP contribution >= 0.6 is 22.9 Å². The number of aromatic nitrogens is 3. The first-order chi connectivity index (χ1) is 38.9. The number of fused-ring (bicyclic) bond motifs is 2. The molecule has 0 radical (unpaired) electrons. The molecule has 82 heavy (non-hydrogen) atoms. The number of hydrogen-bond donors (Lipinski definition) is 4. The summed E-state index contributed by atoms with van der Waals surface area (Å²) in [6, 6.07) is 17.7. The lowest BCUT2D eigenvalue weighted by molar-refractivity contribution is -0.144. The molecule has 6 aromatic rings. The van der Waals surface area contributed by atoms with Crippen molar-refractivity contribution in [2.45, 2.75) is 118 Å². The predicted octanol–water partition coefficient (Wildman–Crippen LogP) is 9.30. The van der Waals surface area contributed by atoms with Crippen molar-refractivity contribution < 1.29 is 48.0 Å². The van der Waals surface area contributed by atoms with E-state index >= 15 is 4.39 Å². The van der Waals surface area contributed by atoms with Crippen LogP contribution in [-0.2, 0) is 23.9 Å². The molecule has 0 spiro atoms. The van der Waals surface area contributed by atoms with Gasteiger partial charge in [0.1, 0.15) is 47.5 Å². The second-order valence-corrected chi connectivity index (χ2v) is 25.3. The molecule has 0 aliphatic carbocycles. The van der Waals surface area contributed by atoms with Gasteiger partial charge in [-0.1, -0.05) is 80.9 Å². The van der Waals surface area contributed by atoms with Gasteiger partial charge >= 0.3 is 12.1 Å². The number of β-amino-alcohol motifs (C(OH)–C–C–N with tert-alkyl or cyclic N) is 1. The Bertz CT molecular complexity index is 3300. The number of piperidine rings is 1. The summed E-state index contributed by atoms with van der Waals surface area (Å²) in [7, 11) is 0. The first kappa shape index (κ1) is 59.9. The Hall–Kier alpha value is -6.71. The molecule has 3 fully saturated rings. The second kappa shape index (κ2) is 25.0. The quantitative estimate of drug-likeness (QED) is 0.0712. The number of amides is 4. The maximum absolute atomic E-state index is 17.3. The lowest BCUT2D eigenvalue weighted by atomic mass is 9.85. The Labute approximate surface area is 487 Å². The minimum absolute atomic E-state index is 0.00435. The number of thiazole rings is 1. The summed E-state index contributed by atoms with van der Waals surface area (Å²) in [6.07, 6.45) is -0.0870. The van der Waals surface area contributed by atoms with E-state index in [9.17, 15) is 29.4 Å². The molecule has 4 amide bonds. The van der Waals surface area contributed by atoms with E-state index in [1.165, 1.54) is 11.0 Å². The van der Waals surface area contributed by atoms with Gasteiger partial charge in [0.15, 0.2) is 5.82 Å². The zero-order valence-corrected chi connectivity index (χ0v) is 49.7. The summed E-state index contributed by atoms with van der Waals surface area (Å²) in [6.45, 7) is 20.2. The number of hydrogen-bond acceptors (Lipinski definition) is 15. The fourth-order valence-corrected chi connectivity index (χ4v) is 12.2. The molecule has 5 heterocycles. The number of carbonyl (C=O) groups is 4. The standard InChI is InChI=1S/C61H75ClFN9O9S/c1-35(80-58-67-52-46(55(68-58)70-22-24-71(25-23-70)59(78)81-61(7,8)9)29-47(62)50(51(52)63)45-27-42(73)26-41-12-10-11-13-44(41)45)30-69-20-18-38(19-21-69)32-79-33-49(75)66-54(60(4,5)6)57(77)72-31-43(74)28-48(72)56(76)65-36(2)39-14-16-40(17-15-39)53-37(3)64-34-82-53/h10-17,26-27,29,34-36,38,43,48,54,73-74H,18-25,28,30-33H2,1-9H3,(H,65,76)(H,66,75)/t35-,36+,43-,48+,54-/m1/s1. The van der Waals surface area contributed by atoms with E-state index in [0.717, 1.165) is 47.6 Å². The molecule has 18 nitrogen and oxygen atoms in total. The minimum Gasteiger partial charge on any atom is -0.508 e. The van der Waals surface area contributed by atoms with Crippen molar-refractivity contribution in [3.63, 3.8) is 0 Å². The number of ether oxygens (including phenoxy) is 3. The molecule has 4 aromatic carbocycles. The smallest absolute Gasteiger partial charge is 0.410 e. The Kier molecular flexibility index (Phi) is 18.3. The van der Waals surface area contributed by atoms with Crippen molar-refractivity contribution in [1.29, 1.82) is 0 Å². The Morgan fingerprint density at radius 1 is 0.902 bits per heavy atom. The number of phenolic OH excluding ortho intramolecular Hbond substituents is 1. The fourth-order valence-electron chi connectivity index (χ4n) is 11.1. The highest BCUT2D eigenvalue weighted by Gasteiger charge is 2.45. The molecule has 3 aliphatic rings. The molecule has 0 saturated carbocycles. The molecular formula is C61H75ClFN9O9S. The second-order valence-electron chi connectivity index (χ2n) is 24.0. The number of halogens is 2. The molecule has 0 bridgehead atoms. The Balaban J connectivity index is 0.796. The predicted molar refractivity (Wildman–Crippen MR) is 316 cm³/mol. The van der Waals surface area contributed by atoms with Crippen molar-refractivity contribution in [1.82, 2.24) is 40.3 Å². The highest BCUT2D eigenvalue weighted by molar-refractivity contribution is 7.13. The normalized spacial score (nSPS) is 18.6. The SMILES string of the molecule is Cc1ncsc1-c1ccc([C@H](C)NC(=O)[C@@H]2C[C@@H](O)CN2C(=O)[C@@H](NC(=O)COCC2CCN(C[C@@H](C)Oc3nc(N4CCN(C(=O)OC(C)(C)C)CC4)c4cc(Cl)c(-c5cc(O)cc6ccccc56)c(F)c4n3)CC2)C(C)(C)C)cc1. The number of aryl methyl sites for hydroxylation is 1. The maximum atomic E-state index is 17.3. The molecule has 3 aliphatic heterocycles. The zero-order chi connectivity index (χ0) is 58.8. The average Bonchev–Trinajstić information content (AvgIpc) is 4.19. The van der Waals surface area contributed by atoms with E-state index in [2.05, 4.69) is 25.5 Å². The summed E-state index contributed by atoms with van der Waals surface area (Å²) in [5, 5.41) is 29.3. The van der Waals surface area contributed by atoms with Gasteiger partial charge in [0.2, 0.25) is 17.7 Å². The summed E-state index contributed by atoms with van der Waals surface area (Å²) in [5.41, 5.74) is 3.78.